The molecule has 0 radical (unpaired) electrons. The van der Waals surface area contributed by atoms with E-state index in [4.69, 9.17) is 40.6 Å². The molecule has 3 N–H and O–H groups in total. The van der Waals surface area contributed by atoms with Gasteiger partial charge >= 0.3 is 0 Å². The fourth-order valence-electron chi connectivity index (χ4n) is 1.95. The van der Waals surface area contributed by atoms with Crippen molar-refractivity contribution in [3.63, 3.8) is 0 Å². The van der Waals surface area contributed by atoms with Crippen LogP contribution in [0.5, 0.6) is 0 Å². The van der Waals surface area contributed by atoms with Gasteiger partial charge in [0, 0.05) is 0 Å². The summed E-state index contributed by atoms with van der Waals surface area (Å²) in [6.07, 6.45) is 0.510. The number of hydrogen-bond acceptors (Lipinski definition) is 2. The van der Waals surface area contributed by atoms with Crippen LogP contribution >= 0.6 is 34.8 Å². The highest BCUT2D eigenvalue weighted by atomic mass is 35.5. The molecule has 0 spiro atoms. The molecule has 2 nitrogen and oxygen atoms in total. The monoisotopic (exact) mass is 332 g/mol. The maximum Gasteiger partial charge on any atom is 0.141 e. The van der Waals surface area contributed by atoms with Gasteiger partial charge in [-0.05, 0) is 35.7 Å². The molecule has 0 saturated carbocycles. The van der Waals surface area contributed by atoms with Gasteiger partial charge in [0.25, 0.3) is 0 Å². The Morgan fingerprint density at radius 1 is 1.10 bits per heavy atom. The maximum atomic E-state index is 13.1. The molecular formula is C14H12Cl3FN2. The zero-order chi connectivity index (χ0) is 14.7. The van der Waals surface area contributed by atoms with Crippen molar-refractivity contribution in [3.8, 4) is 0 Å². The molecule has 0 bridgehead atoms. The highest BCUT2D eigenvalue weighted by Crippen LogP contribution is 2.31. The van der Waals surface area contributed by atoms with Crippen molar-refractivity contribution in [3.05, 3.63) is 68.4 Å². The van der Waals surface area contributed by atoms with Crippen LogP contribution in [0.25, 0.3) is 0 Å². The first-order valence-electron chi connectivity index (χ1n) is 5.87. The average molecular weight is 334 g/mol. The van der Waals surface area contributed by atoms with Crippen molar-refractivity contribution in [2.75, 3.05) is 0 Å². The number of halogens is 4. The highest BCUT2D eigenvalue weighted by molar-refractivity contribution is 6.42. The lowest BCUT2D eigenvalue weighted by Gasteiger charge is -2.18. The first-order valence-corrected chi connectivity index (χ1v) is 7.00. The third kappa shape index (κ3) is 3.43. The minimum atomic E-state index is -0.450. The van der Waals surface area contributed by atoms with E-state index in [1.807, 2.05) is 6.07 Å². The number of hydrogen-bond donors (Lipinski definition) is 2. The van der Waals surface area contributed by atoms with Gasteiger partial charge < -0.3 is 0 Å². The Morgan fingerprint density at radius 2 is 1.85 bits per heavy atom. The molecule has 1 unspecified atom stereocenters. The molecule has 0 amide bonds. The number of rotatable bonds is 4. The Kier molecular flexibility index (Phi) is 5.24. The van der Waals surface area contributed by atoms with Crippen LogP contribution in [0.15, 0.2) is 36.4 Å². The predicted octanol–water partition coefficient (Wildman–Crippen LogP) is 4.53. The topological polar surface area (TPSA) is 38.0 Å². The van der Waals surface area contributed by atoms with Crippen LogP contribution in [0.3, 0.4) is 0 Å². The zero-order valence-corrected chi connectivity index (χ0v) is 12.6. The minimum Gasteiger partial charge on any atom is -0.271 e. The van der Waals surface area contributed by atoms with Gasteiger partial charge in [-0.25, -0.2) is 4.39 Å². The van der Waals surface area contributed by atoms with Gasteiger partial charge in [-0.15, -0.1) is 0 Å². The van der Waals surface area contributed by atoms with E-state index < -0.39 is 5.82 Å². The summed E-state index contributed by atoms with van der Waals surface area (Å²) in [4.78, 5) is 0. The lowest BCUT2D eigenvalue weighted by atomic mass is 9.99. The van der Waals surface area contributed by atoms with Crippen LogP contribution in [0.4, 0.5) is 4.39 Å². The molecule has 0 fully saturated rings. The molecular weight excluding hydrogens is 322 g/mol. The maximum absolute atomic E-state index is 13.1. The van der Waals surface area contributed by atoms with Gasteiger partial charge in [0.05, 0.1) is 21.1 Å². The van der Waals surface area contributed by atoms with Crippen LogP contribution in [0.2, 0.25) is 15.1 Å². The quantitative estimate of drug-likeness (QED) is 0.637. The Hall–Kier alpha value is -0.840. The standard InChI is InChI=1S/C14H12Cl3FN2/c15-10-3-1-2-9(14(10)17)13(20-19)7-8-4-5-12(18)11(16)6-8/h1-6,13,20H,7,19H2. The zero-order valence-electron chi connectivity index (χ0n) is 10.3. The van der Waals surface area contributed by atoms with E-state index >= 15 is 0 Å². The van der Waals surface area contributed by atoms with Gasteiger partial charge in [0.2, 0.25) is 0 Å². The molecule has 0 aliphatic carbocycles. The van der Waals surface area contributed by atoms with Gasteiger partial charge in [0.1, 0.15) is 5.82 Å². The van der Waals surface area contributed by atoms with E-state index in [0.29, 0.717) is 16.5 Å². The number of benzene rings is 2. The Labute approximate surface area is 131 Å². The summed E-state index contributed by atoms with van der Waals surface area (Å²) >= 11 is 17.9. The second-order valence-electron chi connectivity index (χ2n) is 4.31. The second-order valence-corrected chi connectivity index (χ2v) is 5.51. The first-order chi connectivity index (χ1) is 9.52. The molecule has 2 aromatic rings. The lowest BCUT2D eigenvalue weighted by molar-refractivity contribution is 0.551. The van der Waals surface area contributed by atoms with Crippen LogP contribution in [0, 0.1) is 5.82 Å². The van der Waals surface area contributed by atoms with Gasteiger partial charge in [-0.2, -0.15) is 0 Å². The van der Waals surface area contributed by atoms with Crippen LogP contribution in [0.1, 0.15) is 17.2 Å². The van der Waals surface area contributed by atoms with Gasteiger partial charge in [-0.3, -0.25) is 11.3 Å². The molecule has 2 aromatic carbocycles. The molecule has 6 heteroatoms. The average Bonchev–Trinajstić information content (AvgIpc) is 2.43. The fourth-order valence-corrected chi connectivity index (χ4v) is 2.59. The van der Waals surface area contributed by atoms with E-state index in [2.05, 4.69) is 5.43 Å². The van der Waals surface area contributed by atoms with E-state index in [0.717, 1.165) is 11.1 Å². The third-order valence-corrected chi connectivity index (χ3v) is 4.11. The molecule has 0 aromatic heterocycles. The first kappa shape index (κ1) is 15.5. The van der Waals surface area contributed by atoms with Crippen LogP contribution in [-0.4, -0.2) is 0 Å². The lowest BCUT2D eigenvalue weighted by Crippen LogP contribution is -2.29. The van der Waals surface area contributed by atoms with Gasteiger partial charge in [0.15, 0.2) is 0 Å². The normalized spacial score (nSPS) is 12.4. The van der Waals surface area contributed by atoms with Crippen molar-refractivity contribution in [1.82, 2.24) is 5.43 Å². The molecule has 106 valence electrons. The second kappa shape index (κ2) is 6.74. The van der Waals surface area contributed by atoms with Crippen molar-refractivity contribution in [2.24, 2.45) is 5.84 Å². The molecule has 0 aliphatic rings. The summed E-state index contributed by atoms with van der Waals surface area (Å²) in [7, 11) is 0. The molecule has 20 heavy (non-hydrogen) atoms. The van der Waals surface area contributed by atoms with Gasteiger partial charge in [-0.1, -0.05) is 53.0 Å². The predicted molar refractivity (Wildman–Crippen MR) is 81.6 cm³/mol. The number of hydrazine groups is 1. The number of nitrogens with one attached hydrogen (secondary N) is 1. The summed E-state index contributed by atoms with van der Waals surface area (Å²) in [5.41, 5.74) is 4.31. The Bertz CT molecular complexity index is 619. The number of nitrogens with two attached hydrogens (primary N) is 1. The van der Waals surface area contributed by atoms with Crippen molar-refractivity contribution >= 4 is 34.8 Å². The van der Waals surface area contributed by atoms with E-state index in [1.54, 1.807) is 24.3 Å². The van der Waals surface area contributed by atoms with Crippen LogP contribution in [-0.2, 0) is 6.42 Å². The SMILES string of the molecule is NNC(Cc1ccc(F)c(Cl)c1)c1cccc(Cl)c1Cl. The summed E-state index contributed by atoms with van der Waals surface area (Å²) in [5.74, 6) is 5.13. The fraction of sp³-hybridized carbons (Fsp3) is 0.143. The van der Waals surface area contributed by atoms with E-state index in [-0.39, 0.29) is 11.1 Å². The molecule has 0 heterocycles. The summed E-state index contributed by atoms with van der Waals surface area (Å²) in [5, 5.41) is 0.988. The largest absolute Gasteiger partial charge is 0.271 e. The Morgan fingerprint density at radius 3 is 2.50 bits per heavy atom. The molecule has 1 atom stereocenters. The van der Waals surface area contributed by atoms with Crippen molar-refractivity contribution < 1.29 is 4.39 Å². The highest BCUT2D eigenvalue weighted by Gasteiger charge is 2.16. The minimum absolute atomic E-state index is 0.0791. The smallest absolute Gasteiger partial charge is 0.141 e. The summed E-state index contributed by atoms with van der Waals surface area (Å²) in [6, 6.07) is 9.64. The van der Waals surface area contributed by atoms with Crippen molar-refractivity contribution in [1.29, 1.82) is 0 Å². The van der Waals surface area contributed by atoms with Crippen molar-refractivity contribution in [2.45, 2.75) is 12.5 Å². The van der Waals surface area contributed by atoms with E-state index in [1.165, 1.54) is 6.07 Å². The summed E-state index contributed by atoms with van der Waals surface area (Å²) < 4.78 is 13.1. The third-order valence-electron chi connectivity index (χ3n) is 2.98. The summed E-state index contributed by atoms with van der Waals surface area (Å²) in [6.45, 7) is 0. The van der Waals surface area contributed by atoms with E-state index in [9.17, 15) is 4.39 Å². The Balaban J connectivity index is 2.28. The molecule has 2 rings (SSSR count). The van der Waals surface area contributed by atoms with Crippen LogP contribution < -0.4 is 11.3 Å². The molecule has 0 aliphatic heterocycles. The molecule has 0 saturated heterocycles.